The van der Waals surface area contributed by atoms with Crippen molar-refractivity contribution >= 4 is 22.5 Å². The molecule has 5 heteroatoms. The van der Waals surface area contributed by atoms with Crippen molar-refractivity contribution in [2.45, 2.75) is 26.7 Å². The minimum absolute atomic E-state index is 0.152. The molecular weight excluding hydrogens is 257 g/mol. The Labute approximate surface area is 116 Å². The van der Waals surface area contributed by atoms with Gasteiger partial charge in [0.05, 0.1) is 22.4 Å². The zero-order valence-corrected chi connectivity index (χ0v) is 11.6. The van der Waals surface area contributed by atoms with Crippen molar-refractivity contribution in [2.75, 3.05) is 18.0 Å². The standard InChI is InChI=1S/C15H16FN3O/c1-9-15(10(2)20)18-12-7-11(16)14(8-13(12)17-9)19-5-3-4-6-19/h7-8H,3-6H2,1-2H3. The van der Waals surface area contributed by atoms with Crippen LogP contribution in [0.25, 0.3) is 11.0 Å². The van der Waals surface area contributed by atoms with Gasteiger partial charge in [0.25, 0.3) is 0 Å². The summed E-state index contributed by atoms with van der Waals surface area (Å²) in [5, 5.41) is 0. The summed E-state index contributed by atoms with van der Waals surface area (Å²) in [6.07, 6.45) is 2.18. The van der Waals surface area contributed by atoms with Crippen molar-refractivity contribution in [2.24, 2.45) is 0 Å². The van der Waals surface area contributed by atoms with Crippen molar-refractivity contribution in [3.05, 3.63) is 29.3 Å². The van der Waals surface area contributed by atoms with Gasteiger partial charge in [-0.2, -0.15) is 0 Å². The third kappa shape index (κ3) is 2.13. The SMILES string of the molecule is CC(=O)c1nc2cc(F)c(N3CCCC3)cc2nc1C. The molecule has 0 aliphatic carbocycles. The Morgan fingerprint density at radius 2 is 1.85 bits per heavy atom. The normalized spacial score (nSPS) is 15.1. The number of fused-ring (bicyclic) bond motifs is 1. The third-order valence-electron chi connectivity index (χ3n) is 3.69. The molecule has 3 rings (SSSR count). The second-order valence-corrected chi connectivity index (χ2v) is 5.20. The molecule has 0 N–H and O–H groups in total. The number of anilines is 1. The average molecular weight is 273 g/mol. The van der Waals surface area contributed by atoms with Crippen LogP contribution in [0.2, 0.25) is 0 Å². The van der Waals surface area contributed by atoms with E-state index in [1.54, 1.807) is 13.0 Å². The maximum atomic E-state index is 14.2. The molecule has 2 aromatic rings. The van der Waals surface area contributed by atoms with Crippen molar-refractivity contribution in [1.29, 1.82) is 0 Å². The molecule has 1 aliphatic heterocycles. The molecule has 20 heavy (non-hydrogen) atoms. The van der Waals surface area contributed by atoms with Crippen LogP contribution >= 0.6 is 0 Å². The van der Waals surface area contributed by atoms with E-state index < -0.39 is 0 Å². The van der Waals surface area contributed by atoms with E-state index in [2.05, 4.69) is 9.97 Å². The van der Waals surface area contributed by atoms with Crippen LogP contribution in [0.3, 0.4) is 0 Å². The van der Waals surface area contributed by atoms with E-state index in [0.29, 0.717) is 28.1 Å². The highest BCUT2D eigenvalue weighted by Crippen LogP contribution is 2.27. The Balaban J connectivity index is 2.15. The number of Topliss-reactive ketones (excluding diaryl/α,β-unsaturated/α-hetero) is 1. The van der Waals surface area contributed by atoms with E-state index in [0.717, 1.165) is 25.9 Å². The summed E-state index contributed by atoms with van der Waals surface area (Å²) < 4.78 is 14.2. The number of carbonyl (C=O) groups excluding carboxylic acids is 1. The highest BCUT2D eigenvalue weighted by atomic mass is 19.1. The number of aryl methyl sites for hydroxylation is 1. The molecule has 0 amide bonds. The zero-order valence-electron chi connectivity index (χ0n) is 11.6. The first-order valence-corrected chi connectivity index (χ1v) is 6.80. The molecule has 0 unspecified atom stereocenters. The van der Waals surface area contributed by atoms with E-state index in [1.807, 2.05) is 4.90 Å². The maximum Gasteiger partial charge on any atom is 0.179 e. The van der Waals surface area contributed by atoms with Gasteiger partial charge in [0, 0.05) is 26.1 Å². The topological polar surface area (TPSA) is 46.1 Å². The Kier molecular flexibility index (Phi) is 3.12. The van der Waals surface area contributed by atoms with Gasteiger partial charge in [0.15, 0.2) is 5.78 Å². The first kappa shape index (κ1) is 13.0. The van der Waals surface area contributed by atoms with E-state index in [1.165, 1.54) is 13.0 Å². The summed E-state index contributed by atoms with van der Waals surface area (Å²) in [6, 6.07) is 3.11. The van der Waals surface area contributed by atoms with Crippen LogP contribution in [0.5, 0.6) is 0 Å². The predicted molar refractivity (Wildman–Crippen MR) is 75.7 cm³/mol. The van der Waals surface area contributed by atoms with Crippen molar-refractivity contribution in [3.8, 4) is 0 Å². The van der Waals surface area contributed by atoms with E-state index >= 15 is 0 Å². The first-order valence-electron chi connectivity index (χ1n) is 6.80. The molecular formula is C15H16FN3O. The molecule has 1 aliphatic rings. The molecule has 4 nitrogen and oxygen atoms in total. The quantitative estimate of drug-likeness (QED) is 0.789. The van der Waals surface area contributed by atoms with Gasteiger partial charge in [-0.1, -0.05) is 0 Å². The van der Waals surface area contributed by atoms with Crippen molar-refractivity contribution in [3.63, 3.8) is 0 Å². The smallest absolute Gasteiger partial charge is 0.179 e. The second kappa shape index (κ2) is 4.81. The molecule has 0 atom stereocenters. The van der Waals surface area contributed by atoms with Gasteiger partial charge in [0.1, 0.15) is 11.5 Å². The molecule has 1 saturated heterocycles. The molecule has 1 fully saturated rings. The highest BCUT2D eigenvalue weighted by Gasteiger charge is 2.18. The van der Waals surface area contributed by atoms with Crippen LogP contribution in [0, 0.1) is 12.7 Å². The first-order chi connectivity index (χ1) is 9.56. The summed E-state index contributed by atoms with van der Waals surface area (Å²) in [6.45, 7) is 4.95. The van der Waals surface area contributed by atoms with Crippen LogP contribution in [0.4, 0.5) is 10.1 Å². The fourth-order valence-corrected chi connectivity index (χ4v) is 2.69. The third-order valence-corrected chi connectivity index (χ3v) is 3.69. The highest BCUT2D eigenvalue weighted by molar-refractivity contribution is 5.95. The average Bonchev–Trinajstić information content (AvgIpc) is 2.91. The Morgan fingerprint density at radius 3 is 2.50 bits per heavy atom. The Hall–Kier alpha value is -2.04. The van der Waals surface area contributed by atoms with Crippen LogP contribution in [0.15, 0.2) is 12.1 Å². The molecule has 104 valence electrons. The minimum Gasteiger partial charge on any atom is -0.369 e. The summed E-state index contributed by atoms with van der Waals surface area (Å²) >= 11 is 0. The number of aromatic nitrogens is 2. The largest absolute Gasteiger partial charge is 0.369 e. The van der Waals surface area contributed by atoms with Gasteiger partial charge in [-0.3, -0.25) is 4.79 Å². The molecule has 1 aromatic heterocycles. The van der Waals surface area contributed by atoms with Crippen LogP contribution in [-0.2, 0) is 0 Å². The predicted octanol–water partition coefficient (Wildman–Crippen LogP) is 2.88. The Bertz CT molecular complexity index is 693. The molecule has 0 spiro atoms. The van der Waals surface area contributed by atoms with Gasteiger partial charge >= 0.3 is 0 Å². The lowest BCUT2D eigenvalue weighted by Crippen LogP contribution is -2.19. The molecule has 0 radical (unpaired) electrons. The van der Waals surface area contributed by atoms with Gasteiger partial charge in [0.2, 0.25) is 0 Å². The number of hydrogen-bond acceptors (Lipinski definition) is 4. The number of ketones is 1. The summed E-state index contributed by atoms with van der Waals surface area (Å²) in [5.41, 5.74) is 2.55. The monoisotopic (exact) mass is 273 g/mol. The lowest BCUT2D eigenvalue weighted by atomic mass is 10.2. The lowest BCUT2D eigenvalue weighted by molar-refractivity contribution is 0.101. The summed E-state index contributed by atoms with van der Waals surface area (Å²) in [4.78, 5) is 22.1. The zero-order chi connectivity index (χ0) is 14.3. The number of carbonyl (C=O) groups is 1. The van der Waals surface area contributed by atoms with E-state index in [-0.39, 0.29) is 11.6 Å². The van der Waals surface area contributed by atoms with Crippen LogP contribution < -0.4 is 4.90 Å². The summed E-state index contributed by atoms with van der Waals surface area (Å²) in [7, 11) is 0. The molecule has 0 bridgehead atoms. The van der Waals surface area contributed by atoms with E-state index in [9.17, 15) is 9.18 Å². The molecule has 1 aromatic carbocycles. The minimum atomic E-state index is -0.299. The maximum absolute atomic E-state index is 14.2. The van der Waals surface area contributed by atoms with E-state index in [4.69, 9.17) is 0 Å². The van der Waals surface area contributed by atoms with Crippen molar-refractivity contribution in [1.82, 2.24) is 9.97 Å². The molecule has 0 saturated carbocycles. The number of nitrogens with zero attached hydrogens (tertiary/aromatic N) is 3. The number of rotatable bonds is 2. The fourth-order valence-electron chi connectivity index (χ4n) is 2.69. The van der Waals surface area contributed by atoms with Gasteiger partial charge < -0.3 is 4.90 Å². The summed E-state index contributed by atoms with van der Waals surface area (Å²) in [5.74, 6) is -0.451. The van der Waals surface area contributed by atoms with Crippen LogP contribution in [-0.4, -0.2) is 28.8 Å². The number of benzene rings is 1. The molecule has 2 heterocycles. The van der Waals surface area contributed by atoms with Gasteiger partial charge in [-0.25, -0.2) is 14.4 Å². The van der Waals surface area contributed by atoms with Crippen LogP contribution in [0.1, 0.15) is 35.9 Å². The van der Waals surface area contributed by atoms with Gasteiger partial charge in [-0.15, -0.1) is 0 Å². The second-order valence-electron chi connectivity index (χ2n) is 5.20. The fraction of sp³-hybridized carbons (Fsp3) is 0.400. The number of halogens is 1. The lowest BCUT2D eigenvalue weighted by Gasteiger charge is -2.18. The van der Waals surface area contributed by atoms with Gasteiger partial charge in [-0.05, 0) is 25.8 Å². The van der Waals surface area contributed by atoms with Crippen molar-refractivity contribution < 1.29 is 9.18 Å². The Morgan fingerprint density at radius 1 is 1.20 bits per heavy atom. The number of hydrogen-bond donors (Lipinski definition) is 0.